The maximum absolute atomic E-state index is 13.3. The molecule has 0 unspecified atom stereocenters. The van der Waals surface area contributed by atoms with Gasteiger partial charge in [-0.3, -0.25) is 14.5 Å². The van der Waals surface area contributed by atoms with E-state index in [4.69, 9.17) is 14.2 Å². The molecular formula is C27H32N2O6. The van der Waals surface area contributed by atoms with Crippen molar-refractivity contribution in [3.8, 4) is 11.5 Å². The summed E-state index contributed by atoms with van der Waals surface area (Å²) < 4.78 is 16.4. The number of benzene rings is 2. The number of rotatable bonds is 8. The van der Waals surface area contributed by atoms with E-state index in [1.165, 1.54) is 7.11 Å². The first-order valence-electron chi connectivity index (χ1n) is 11.8. The number of aliphatic hydroxyl groups excluding tert-OH is 1. The molecule has 2 aliphatic rings. The molecule has 8 nitrogen and oxygen atoms in total. The lowest BCUT2D eigenvalue weighted by atomic mass is 9.94. The molecule has 1 atom stereocenters. The van der Waals surface area contributed by atoms with Gasteiger partial charge in [0.2, 0.25) is 0 Å². The number of aliphatic hydroxyl groups is 1. The largest absolute Gasteiger partial charge is 0.507 e. The fourth-order valence-corrected chi connectivity index (χ4v) is 4.64. The average molecular weight is 481 g/mol. The van der Waals surface area contributed by atoms with Crippen LogP contribution in [0.3, 0.4) is 0 Å². The van der Waals surface area contributed by atoms with E-state index in [0.717, 1.165) is 25.2 Å². The predicted molar refractivity (Wildman–Crippen MR) is 132 cm³/mol. The van der Waals surface area contributed by atoms with Crippen molar-refractivity contribution in [3.05, 3.63) is 64.7 Å². The molecular weight excluding hydrogens is 448 g/mol. The molecule has 0 aromatic heterocycles. The summed E-state index contributed by atoms with van der Waals surface area (Å²) in [7, 11) is 3.09. The molecule has 8 heteroatoms. The minimum atomic E-state index is -0.800. The van der Waals surface area contributed by atoms with Gasteiger partial charge in [0.15, 0.2) is 0 Å². The molecule has 4 rings (SSSR count). The SMILES string of the molecule is COc1ccc(OC)c([C@H]2/C(=C(\O)c3ccc(C)cc3)C(=O)C(=O)N2CCCN2CCOCC2)c1. The van der Waals surface area contributed by atoms with E-state index in [1.807, 2.05) is 19.1 Å². The van der Waals surface area contributed by atoms with E-state index in [9.17, 15) is 14.7 Å². The molecule has 0 saturated carbocycles. The Morgan fingerprint density at radius 2 is 1.74 bits per heavy atom. The number of ether oxygens (including phenoxy) is 3. The Hall–Kier alpha value is -3.36. The van der Waals surface area contributed by atoms with Gasteiger partial charge in [0.05, 0.1) is 39.0 Å². The van der Waals surface area contributed by atoms with Crippen LogP contribution in [0.25, 0.3) is 5.76 Å². The van der Waals surface area contributed by atoms with Gasteiger partial charge in [0, 0.05) is 37.3 Å². The van der Waals surface area contributed by atoms with E-state index in [2.05, 4.69) is 4.90 Å². The molecule has 35 heavy (non-hydrogen) atoms. The van der Waals surface area contributed by atoms with Crippen LogP contribution in [0.5, 0.6) is 11.5 Å². The highest BCUT2D eigenvalue weighted by atomic mass is 16.5. The monoisotopic (exact) mass is 480 g/mol. The molecule has 0 aliphatic carbocycles. The molecule has 2 fully saturated rings. The van der Waals surface area contributed by atoms with E-state index in [0.29, 0.717) is 48.8 Å². The number of aryl methyl sites for hydroxylation is 1. The lowest BCUT2D eigenvalue weighted by Crippen LogP contribution is -2.39. The summed E-state index contributed by atoms with van der Waals surface area (Å²) in [6.07, 6.45) is 0.681. The molecule has 1 amide bonds. The van der Waals surface area contributed by atoms with Crippen molar-refractivity contribution < 1.29 is 28.9 Å². The number of hydrogen-bond donors (Lipinski definition) is 1. The van der Waals surface area contributed by atoms with E-state index in [1.54, 1.807) is 42.3 Å². The molecule has 1 N–H and O–H groups in total. The summed E-state index contributed by atoms with van der Waals surface area (Å²) in [5.74, 6) is -0.463. The summed E-state index contributed by atoms with van der Waals surface area (Å²) >= 11 is 0. The second kappa shape index (κ2) is 10.9. The minimum Gasteiger partial charge on any atom is -0.507 e. The Balaban J connectivity index is 1.75. The van der Waals surface area contributed by atoms with Crippen molar-refractivity contribution in [2.75, 3.05) is 53.6 Å². The number of ketones is 1. The second-order valence-electron chi connectivity index (χ2n) is 8.77. The Morgan fingerprint density at radius 3 is 2.40 bits per heavy atom. The molecule has 2 aromatic rings. The van der Waals surface area contributed by atoms with E-state index >= 15 is 0 Å². The summed E-state index contributed by atoms with van der Waals surface area (Å²) in [4.78, 5) is 30.4. The smallest absolute Gasteiger partial charge is 0.295 e. The zero-order valence-electron chi connectivity index (χ0n) is 20.5. The van der Waals surface area contributed by atoms with Crippen LogP contribution in [-0.4, -0.2) is 80.2 Å². The molecule has 2 saturated heterocycles. The summed E-state index contributed by atoms with van der Waals surface area (Å²) in [5.41, 5.74) is 2.15. The van der Waals surface area contributed by atoms with Gasteiger partial charge >= 0.3 is 0 Å². The standard InChI is InChI=1S/C27H32N2O6/c1-18-5-7-19(8-6-18)25(30)23-24(21-17-20(33-2)9-10-22(21)34-3)29(27(32)26(23)31)12-4-11-28-13-15-35-16-14-28/h5-10,17,24,30H,4,11-16H2,1-3H3/b25-23+/t24-/m0/s1. The molecule has 2 heterocycles. The number of carbonyl (C=O) groups is 2. The number of hydrogen-bond acceptors (Lipinski definition) is 7. The number of morpholine rings is 1. The third-order valence-electron chi connectivity index (χ3n) is 6.57. The van der Waals surface area contributed by atoms with E-state index in [-0.39, 0.29) is 11.3 Å². The van der Waals surface area contributed by atoms with Gasteiger partial charge < -0.3 is 24.2 Å². The third kappa shape index (κ3) is 5.18. The van der Waals surface area contributed by atoms with Gasteiger partial charge in [-0.15, -0.1) is 0 Å². The maximum atomic E-state index is 13.3. The molecule has 0 spiro atoms. The summed E-state index contributed by atoms with van der Waals surface area (Å²) in [5, 5.41) is 11.3. The Labute approximate surface area is 205 Å². The maximum Gasteiger partial charge on any atom is 0.295 e. The first kappa shape index (κ1) is 24.8. The van der Waals surface area contributed by atoms with Gasteiger partial charge in [-0.2, -0.15) is 0 Å². The Bertz CT molecular complexity index is 1110. The topological polar surface area (TPSA) is 88.5 Å². The molecule has 2 aliphatic heterocycles. The fourth-order valence-electron chi connectivity index (χ4n) is 4.64. The second-order valence-corrected chi connectivity index (χ2v) is 8.77. The van der Waals surface area contributed by atoms with Crippen molar-refractivity contribution in [1.82, 2.24) is 9.80 Å². The molecule has 186 valence electrons. The van der Waals surface area contributed by atoms with Crippen molar-refractivity contribution >= 4 is 17.4 Å². The molecule has 0 radical (unpaired) electrons. The Morgan fingerprint density at radius 1 is 1.03 bits per heavy atom. The van der Waals surface area contributed by atoms with Crippen molar-refractivity contribution in [2.45, 2.75) is 19.4 Å². The molecule has 2 aromatic carbocycles. The van der Waals surface area contributed by atoms with Crippen LogP contribution in [0.15, 0.2) is 48.0 Å². The number of Topliss-reactive ketones (excluding diaryl/α,β-unsaturated/α-hetero) is 1. The van der Waals surface area contributed by atoms with Gasteiger partial charge in [-0.1, -0.05) is 29.8 Å². The number of carbonyl (C=O) groups excluding carboxylic acids is 2. The highest BCUT2D eigenvalue weighted by Crippen LogP contribution is 2.43. The third-order valence-corrected chi connectivity index (χ3v) is 6.57. The normalized spacial score (nSPS) is 20.3. The Kier molecular flexibility index (Phi) is 7.73. The first-order valence-corrected chi connectivity index (χ1v) is 11.8. The first-order chi connectivity index (χ1) is 16.9. The zero-order chi connectivity index (χ0) is 24.9. The highest BCUT2D eigenvalue weighted by Gasteiger charge is 2.47. The van der Waals surface area contributed by atoms with Crippen LogP contribution < -0.4 is 9.47 Å². The van der Waals surface area contributed by atoms with Gasteiger partial charge in [0.1, 0.15) is 17.3 Å². The fraction of sp³-hybridized carbons (Fsp3) is 0.407. The van der Waals surface area contributed by atoms with Crippen LogP contribution in [0.4, 0.5) is 0 Å². The quantitative estimate of drug-likeness (QED) is 0.353. The number of nitrogens with zero attached hydrogens (tertiary/aromatic N) is 2. The number of methoxy groups -OCH3 is 2. The van der Waals surface area contributed by atoms with Crippen molar-refractivity contribution in [3.63, 3.8) is 0 Å². The lowest BCUT2D eigenvalue weighted by molar-refractivity contribution is -0.140. The summed E-state index contributed by atoms with van der Waals surface area (Å²) in [6.45, 7) is 6.17. The van der Waals surface area contributed by atoms with E-state index < -0.39 is 17.7 Å². The lowest BCUT2D eigenvalue weighted by Gasteiger charge is -2.29. The minimum absolute atomic E-state index is 0.0526. The zero-order valence-corrected chi connectivity index (χ0v) is 20.5. The van der Waals surface area contributed by atoms with Crippen molar-refractivity contribution in [2.24, 2.45) is 0 Å². The molecule has 0 bridgehead atoms. The van der Waals surface area contributed by atoms with Crippen molar-refractivity contribution in [1.29, 1.82) is 0 Å². The van der Waals surface area contributed by atoms with Gasteiger partial charge in [0.25, 0.3) is 11.7 Å². The van der Waals surface area contributed by atoms with Crippen LogP contribution in [0.1, 0.15) is 29.2 Å². The number of likely N-dealkylation sites (tertiary alicyclic amines) is 1. The van der Waals surface area contributed by atoms with Gasteiger partial charge in [-0.05, 0) is 31.5 Å². The van der Waals surface area contributed by atoms with Crippen LogP contribution >= 0.6 is 0 Å². The average Bonchev–Trinajstić information content (AvgIpc) is 3.14. The highest BCUT2D eigenvalue weighted by molar-refractivity contribution is 6.46. The number of amides is 1. The predicted octanol–water partition coefficient (Wildman–Crippen LogP) is 3.16. The van der Waals surface area contributed by atoms with Crippen LogP contribution in [0, 0.1) is 6.92 Å². The van der Waals surface area contributed by atoms with Crippen LogP contribution in [0.2, 0.25) is 0 Å². The van der Waals surface area contributed by atoms with Gasteiger partial charge in [-0.25, -0.2) is 0 Å². The van der Waals surface area contributed by atoms with Crippen LogP contribution in [-0.2, 0) is 14.3 Å². The summed E-state index contributed by atoms with van der Waals surface area (Å²) in [6, 6.07) is 11.7.